The summed E-state index contributed by atoms with van der Waals surface area (Å²) >= 11 is 6.00. The third-order valence-corrected chi connectivity index (χ3v) is 8.25. The summed E-state index contributed by atoms with van der Waals surface area (Å²) in [5, 5.41) is 8.87. The molecule has 0 bridgehead atoms. The first kappa shape index (κ1) is 30.3. The number of ether oxygens (including phenoxy) is 1. The summed E-state index contributed by atoms with van der Waals surface area (Å²) in [5.41, 5.74) is -2.36. The Kier molecular flexibility index (Phi) is 8.33. The molecule has 0 aromatic heterocycles. The molecular formula is C27H20ClF6NO5S. The van der Waals surface area contributed by atoms with Crippen molar-refractivity contribution in [2.24, 2.45) is 0 Å². The SMILES string of the molecule is O=C(O)CC[C@@H]1CN(S(=O)(=O)c2cccc(C(F)(F)F)c2)c2cc(/C=C/c3c(Cl)cccc3C(F)(F)F)ccc2O1. The van der Waals surface area contributed by atoms with Gasteiger partial charge in [-0.1, -0.05) is 42.0 Å². The summed E-state index contributed by atoms with van der Waals surface area (Å²) in [6.07, 6.45) is -8.55. The summed E-state index contributed by atoms with van der Waals surface area (Å²) < 4.78 is 114. The highest BCUT2D eigenvalue weighted by atomic mass is 35.5. The molecule has 0 saturated carbocycles. The van der Waals surface area contributed by atoms with Gasteiger partial charge in [-0.3, -0.25) is 9.10 Å². The van der Waals surface area contributed by atoms with Crippen LogP contribution in [0.4, 0.5) is 32.0 Å². The molecule has 41 heavy (non-hydrogen) atoms. The Labute approximate surface area is 235 Å². The molecule has 1 N–H and O–H groups in total. The van der Waals surface area contributed by atoms with E-state index in [1.807, 2.05) is 0 Å². The van der Waals surface area contributed by atoms with Gasteiger partial charge in [0.25, 0.3) is 10.0 Å². The highest BCUT2D eigenvalue weighted by Crippen LogP contribution is 2.41. The molecule has 6 nitrogen and oxygen atoms in total. The average Bonchev–Trinajstić information content (AvgIpc) is 2.89. The molecule has 0 unspecified atom stereocenters. The Morgan fingerprint density at radius 3 is 2.37 bits per heavy atom. The fourth-order valence-electron chi connectivity index (χ4n) is 4.19. The Morgan fingerprint density at radius 2 is 1.71 bits per heavy atom. The van der Waals surface area contributed by atoms with Crippen LogP contribution in [0.15, 0.2) is 65.6 Å². The van der Waals surface area contributed by atoms with Gasteiger partial charge in [-0.2, -0.15) is 26.3 Å². The molecule has 1 aliphatic heterocycles. The number of sulfonamides is 1. The zero-order valence-corrected chi connectivity index (χ0v) is 22.3. The minimum Gasteiger partial charge on any atom is -0.486 e. The number of carboxylic acid groups (broad SMARTS) is 1. The van der Waals surface area contributed by atoms with E-state index in [0.29, 0.717) is 6.07 Å². The lowest BCUT2D eigenvalue weighted by Gasteiger charge is -2.35. The molecule has 1 heterocycles. The molecule has 0 spiro atoms. The number of anilines is 1. The van der Waals surface area contributed by atoms with Crippen LogP contribution in [0.5, 0.6) is 5.75 Å². The van der Waals surface area contributed by atoms with Crippen LogP contribution >= 0.6 is 11.6 Å². The molecular weight excluding hydrogens is 600 g/mol. The van der Waals surface area contributed by atoms with Crippen molar-refractivity contribution in [1.82, 2.24) is 0 Å². The summed E-state index contributed by atoms with van der Waals surface area (Å²) in [6.45, 7) is -0.422. The number of fused-ring (bicyclic) bond motifs is 1. The van der Waals surface area contributed by atoms with Crippen LogP contribution in [0, 0.1) is 0 Å². The van der Waals surface area contributed by atoms with Crippen molar-refractivity contribution in [3.05, 3.63) is 87.9 Å². The molecule has 0 fully saturated rings. The zero-order valence-electron chi connectivity index (χ0n) is 20.7. The number of hydrogen-bond acceptors (Lipinski definition) is 4. The highest BCUT2D eigenvalue weighted by molar-refractivity contribution is 7.92. The Morgan fingerprint density at radius 1 is 1.00 bits per heavy atom. The molecule has 1 aliphatic rings. The van der Waals surface area contributed by atoms with Crippen molar-refractivity contribution in [3.63, 3.8) is 0 Å². The monoisotopic (exact) mass is 619 g/mol. The van der Waals surface area contributed by atoms with Gasteiger partial charge in [-0.05, 0) is 54.4 Å². The first-order valence-corrected chi connectivity index (χ1v) is 13.7. The second-order valence-electron chi connectivity index (χ2n) is 8.99. The third kappa shape index (κ3) is 6.79. The normalized spacial score (nSPS) is 16.0. The molecule has 0 radical (unpaired) electrons. The smallest absolute Gasteiger partial charge is 0.417 e. The maximum absolute atomic E-state index is 13.6. The van der Waals surface area contributed by atoms with Gasteiger partial charge in [0, 0.05) is 17.0 Å². The number of carboxylic acids is 1. The molecule has 0 aliphatic carbocycles. The van der Waals surface area contributed by atoms with Crippen molar-refractivity contribution in [3.8, 4) is 5.75 Å². The molecule has 3 aromatic rings. The summed E-state index contributed by atoms with van der Waals surface area (Å²) in [5.74, 6) is -1.17. The first-order chi connectivity index (χ1) is 19.1. The number of nitrogens with zero attached hydrogens (tertiary/aromatic N) is 1. The predicted octanol–water partition coefficient (Wildman–Crippen LogP) is 7.37. The van der Waals surface area contributed by atoms with Gasteiger partial charge in [0.05, 0.1) is 28.3 Å². The van der Waals surface area contributed by atoms with E-state index in [1.54, 1.807) is 0 Å². The lowest BCUT2D eigenvalue weighted by Crippen LogP contribution is -2.43. The topological polar surface area (TPSA) is 83.9 Å². The minimum atomic E-state index is -4.82. The van der Waals surface area contributed by atoms with E-state index in [1.165, 1.54) is 30.3 Å². The van der Waals surface area contributed by atoms with Gasteiger partial charge in [-0.15, -0.1) is 0 Å². The fraction of sp³-hybridized carbons (Fsp3) is 0.222. The highest BCUT2D eigenvalue weighted by Gasteiger charge is 2.37. The van der Waals surface area contributed by atoms with E-state index < -0.39 is 57.0 Å². The molecule has 14 heteroatoms. The maximum Gasteiger partial charge on any atom is 0.417 e. The average molecular weight is 620 g/mol. The van der Waals surface area contributed by atoms with Crippen LogP contribution in [0.3, 0.4) is 0 Å². The van der Waals surface area contributed by atoms with Gasteiger partial charge < -0.3 is 9.84 Å². The number of halogens is 7. The number of rotatable bonds is 7. The molecule has 218 valence electrons. The van der Waals surface area contributed by atoms with E-state index in [9.17, 15) is 39.6 Å². The number of benzene rings is 3. The third-order valence-electron chi connectivity index (χ3n) is 6.15. The summed E-state index contributed by atoms with van der Waals surface area (Å²) in [7, 11) is -4.63. The van der Waals surface area contributed by atoms with Crippen molar-refractivity contribution in [2.45, 2.75) is 36.2 Å². The number of carbonyl (C=O) groups is 1. The van der Waals surface area contributed by atoms with Gasteiger partial charge in [0.2, 0.25) is 0 Å². The standard InChI is InChI=1S/C27H20ClF6NO5S/c28-22-6-2-5-21(27(32,33)34)20(22)10-7-16-8-11-24-23(13-16)35(15-18(40-24)9-12-25(36)37)41(38,39)19-4-1-3-17(14-19)26(29,30)31/h1-8,10-11,13-14,18H,9,12,15H2,(H,36,37)/b10-7+/t18-/m1/s1. The maximum atomic E-state index is 13.6. The van der Waals surface area contributed by atoms with Crippen molar-refractivity contribution in [2.75, 3.05) is 10.8 Å². The van der Waals surface area contributed by atoms with Crippen LogP contribution in [-0.4, -0.2) is 32.1 Å². The van der Waals surface area contributed by atoms with Crippen LogP contribution in [-0.2, 0) is 27.2 Å². The first-order valence-electron chi connectivity index (χ1n) is 11.8. The Bertz CT molecular complexity index is 1600. The summed E-state index contributed by atoms with van der Waals surface area (Å²) in [4.78, 5) is 10.4. The molecule has 1 atom stereocenters. The minimum absolute atomic E-state index is 0.00642. The lowest BCUT2D eigenvalue weighted by molar-refractivity contribution is -0.138. The van der Waals surface area contributed by atoms with Gasteiger partial charge >= 0.3 is 18.3 Å². The van der Waals surface area contributed by atoms with Gasteiger partial charge in [0.15, 0.2) is 0 Å². The van der Waals surface area contributed by atoms with Crippen LogP contribution < -0.4 is 9.04 Å². The Balaban J connectivity index is 1.78. The largest absolute Gasteiger partial charge is 0.486 e. The predicted molar refractivity (Wildman–Crippen MR) is 139 cm³/mol. The van der Waals surface area contributed by atoms with Crippen LogP contribution in [0.1, 0.15) is 35.1 Å². The number of aliphatic carboxylic acids is 1. The van der Waals surface area contributed by atoms with E-state index in [2.05, 4.69) is 0 Å². The number of hydrogen-bond donors (Lipinski definition) is 1. The Hall–Kier alpha value is -3.71. The summed E-state index contributed by atoms with van der Waals surface area (Å²) in [6, 6.07) is 10.5. The second kappa shape index (κ2) is 11.3. The van der Waals surface area contributed by atoms with E-state index in [-0.39, 0.29) is 40.4 Å². The van der Waals surface area contributed by atoms with Crippen molar-refractivity contribution in [1.29, 1.82) is 0 Å². The van der Waals surface area contributed by atoms with Gasteiger partial charge in [0.1, 0.15) is 11.9 Å². The second-order valence-corrected chi connectivity index (χ2v) is 11.3. The van der Waals surface area contributed by atoms with E-state index in [0.717, 1.165) is 40.7 Å². The number of alkyl halides is 6. The van der Waals surface area contributed by atoms with E-state index >= 15 is 0 Å². The van der Waals surface area contributed by atoms with Crippen molar-refractivity contribution >= 4 is 45.4 Å². The van der Waals surface area contributed by atoms with Crippen LogP contribution in [0.25, 0.3) is 12.2 Å². The van der Waals surface area contributed by atoms with E-state index in [4.69, 9.17) is 21.4 Å². The lowest BCUT2D eigenvalue weighted by atomic mass is 10.0. The van der Waals surface area contributed by atoms with Crippen molar-refractivity contribution < 1.29 is 49.4 Å². The molecule has 4 rings (SSSR count). The molecule has 0 amide bonds. The van der Waals surface area contributed by atoms with Crippen LogP contribution in [0.2, 0.25) is 5.02 Å². The molecule has 3 aromatic carbocycles. The fourth-order valence-corrected chi connectivity index (χ4v) is 5.97. The van der Waals surface area contributed by atoms with Gasteiger partial charge in [-0.25, -0.2) is 8.42 Å². The zero-order chi connectivity index (χ0) is 30.2. The molecule has 0 saturated heterocycles. The quantitative estimate of drug-likeness (QED) is 0.221.